The third-order valence-corrected chi connectivity index (χ3v) is 3.89. The number of H-pyrrole nitrogens is 1. The van der Waals surface area contributed by atoms with E-state index in [2.05, 4.69) is 4.98 Å². The number of benzene rings is 1. The summed E-state index contributed by atoms with van der Waals surface area (Å²) in [4.78, 5) is 26.9. The zero-order valence-electron chi connectivity index (χ0n) is 13.5. The lowest BCUT2D eigenvalue weighted by Crippen LogP contribution is -2.40. The standard InChI is InChI=1S/C17H24N4O3/c18-8-4-3-6-13(19)16(22)24-17(23)14(20)9-11-10-21-15-7-2-1-5-12(11)15/h1-2,5,7,10,13-14,21H,3-4,6,8-9,18-20H2/t13-,14+/m0/s1. The summed E-state index contributed by atoms with van der Waals surface area (Å²) in [5.74, 6) is -1.51. The Hall–Kier alpha value is -2.22. The van der Waals surface area contributed by atoms with Crippen LogP contribution in [0.1, 0.15) is 24.8 Å². The number of ether oxygens (including phenoxy) is 1. The lowest BCUT2D eigenvalue weighted by molar-refractivity contribution is -0.161. The molecular formula is C17H24N4O3. The summed E-state index contributed by atoms with van der Waals surface area (Å²) < 4.78 is 4.80. The van der Waals surface area contributed by atoms with E-state index >= 15 is 0 Å². The van der Waals surface area contributed by atoms with Crippen LogP contribution in [0.4, 0.5) is 0 Å². The molecule has 7 nitrogen and oxygen atoms in total. The van der Waals surface area contributed by atoms with Gasteiger partial charge in [0.15, 0.2) is 0 Å². The first-order valence-electron chi connectivity index (χ1n) is 8.04. The minimum atomic E-state index is -0.926. The van der Waals surface area contributed by atoms with Crippen molar-refractivity contribution in [3.8, 4) is 0 Å². The van der Waals surface area contributed by atoms with Crippen LogP contribution in [0.2, 0.25) is 0 Å². The van der Waals surface area contributed by atoms with E-state index < -0.39 is 24.0 Å². The average molecular weight is 332 g/mol. The van der Waals surface area contributed by atoms with Crippen molar-refractivity contribution in [2.24, 2.45) is 17.2 Å². The number of hydrogen-bond acceptors (Lipinski definition) is 6. The van der Waals surface area contributed by atoms with Gasteiger partial charge in [-0.25, -0.2) is 9.59 Å². The Bertz CT molecular complexity index is 698. The van der Waals surface area contributed by atoms with Gasteiger partial charge in [-0.3, -0.25) is 0 Å². The number of aromatic nitrogens is 1. The Labute approximate surface area is 140 Å². The fourth-order valence-electron chi connectivity index (χ4n) is 2.50. The number of nitrogens with two attached hydrogens (primary N) is 3. The van der Waals surface area contributed by atoms with Crippen molar-refractivity contribution in [1.29, 1.82) is 0 Å². The molecule has 0 amide bonds. The Kier molecular flexibility index (Phi) is 6.48. The molecule has 0 saturated heterocycles. The van der Waals surface area contributed by atoms with Gasteiger partial charge in [0.2, 0.25) is 0 Å². The molecule has 0 fully saturated rings. The number of carbonyl (C=O) groups is 2. The molecule has 2 atom stereocenters. The predicted molar refractivity (Wildman–Crippen MR) is 92.0 cm³/mol. The highest BCUT2D eigenvalue weighted by Crippen LogP contribution is 2.19. The second-order valence-corrected chi connectivity index (χ2v) is 5.80. The lowest BCUT2D eigenvalue weighted by atomic mass is 10.1. The maximum atomic E-state index is 12.0. The number of esters is 2. The van der Waals surface area contributed by atoms with Crippen molar-refractivity contribution >= 4 is 22.8 Å². The predicted octanol–water partition coefficient (Wildman–Crippen LogP) is 0.564. The van der Waals surface area contributed by atoms with Gasteiger partial charge in [0, 0.05) is 23.5 Å². The summed E-state index contributed by atoms with van der Waals surface area (Å²) in [7, 11) is 0. The average Bonchev–Trinajstić information content (AvgIpc) is 2.98. The van der Waals surface area contributed by atoms with E-state index in [1.807, 2.05) is 24.3 Å². The van der Waals surface area contributed by atoms with Crippen LogP contribution in [-0.4, -0.2) is 35.6 Å². The first-order valence-corrected chi connectivity index (χ1v) is 8.04. The number of fused-ring (bicyclic) bond motifs is 1. The van der Waals surface area contributed by atoms with Gasteiger partial charge in [-0.05, 0) is 31.0 Å². The third-order valence-electron chi connectivity index (χ3n) is 3.89. The molecule has 0 saturated carbocycles. The highest BCUT2D eigenvalue weighted by molar-refractivity contribution is 5.91. The highest BCUT2D eigenvalue weighted by atomic mass is 16.6. The van der Waals surface area contributed by atoms with E-state index in [1.54, 1.807) is 6.20 Å². The minimum Gasteiger partial charge on any atom is -0.391 e. The van der Waals surface area contributed by atoms with Gasteiger partial charge < -0.3 is 26.9 Å². The van der Waals surface area contributed by atoms with Gasteiger partial charge in [0.25, 0.3) is 0 Å². The molecule has 0 aliphatic carbocycles. The molecule has 0 aliphatic heterocycles. The van der Waals surface area contributed by atoms with Crippen LogP contribution >= 0.6 is 0 Å². The number of aromatic amines is 1. The van der Waals surface area contributed by atoms with Crippen LogP contribution in [0.25, 0.3) is 10.9 Å². The molecule has 0 bridgehead atoms. The van der Waals surface area contributed by atoms with E-state index in [0.29, 0.717) is 19.4 Å². The topological polar surface area (TPSA) is 137 Å². The second kappa shape index (κ2) is 8.58. The van der Waals surface area contributed by atoms with Gasteiger partial charge >= 0.3 is 11.9 Å². The quantitative estimate of drug-likeness (QED) is 0.317. The van der Waals surface area contributed by atoms with Crippen molar-refractivity contribution in [2.75, 3.05) is 6.54 Å². The number of nitrogens with one attached hydrogen (secondary N) is 1. The van der Waals surface area contributed by atoms with Gasteiger partial charge in [-0.2, -0.15) is 0 Å². The highest BCUT2D eigenvalue weighted by Gasteiger charge is 2.23. The molecule has 1 aromatic heterocycles. The Morgan fingerprint density at radius 1 is 1.08 bits per heavy atom. The lowest BCUT2D eigenvalue weighted by Gasteiger charge is -2.13. The fraction of sp³-hybridized carbons (Fsp3) is 0.412. The van der Waals surface area contributed by atoms with E-state index in [1.165, 1.54) is 0 Å². The number of para-hydroxylation sites is 1. The first-order chi connectivity index (χ1) is 11.5. The van der Waals surface area contributed by atoms with E-state index in [9.17, 15) is 9.59 Å². The van der Waals surface area contributed by atoms with Crippen molar-refractivity contribution in [3.05, 3.63) is 36.0 Å². The number of rotatable bonds is 8. The molecule has 2 rings (SSSR count). The van der Waals surface area contributed by atoms with Crippen LogP contribution in [0, 0.1) is 0 Å². The third kappa shape index (κ3) is 4.64. The van der Waals surface area contributed by atoms with Gasteiger partial charge in [0.05, 0.1) is 0 Å². The van der Waals surface area contributed by atoms with Gasteiger partial charge in [-0.15, -0.1) is 0 Å². The molecular weight excluding hydrogens is 308 g/mol. The summed E-state index contributed by atoms with van der Waals surface area (Å²) in [5.41, 5.74) is 18.8. The molecule has 7 N–H and O–H groups in total. The van der Waals surface area contributed by atoms with Crippen molar-refractivity contribution in [1.82, 2.24) is 4.98 Å². The molecule has 0 radical (unpaired) electrons. The van der Waals surface area contributed by atoms with Crippen LogP contribution in [0.15, 0.2) is 30.5 Å². The molecule has 130 valence electrons. The first kappa shape index (κ1) is 18.1. The van der Waals surface area contributed by atoms with E-state index in [-0.39, 0.29) is 6.42 Å². The summed E-state index contributed by atoms with van der Waals surface area (Å²) in [6.07, 6.45) is 4.00. The van der Waals surface area contributed by atoms with Crippen LogP contribution < -0.4 is 17.2 Å². The Balaban J connectivity index is 1.89. The second-order valence-electron chi connectivity index (χ2n) is 5.80. The molecule has 0 aliphatic rings. The molecule has 24 heavy (non-hydrogen) atoms. The van der Waals surface area contributed by atoms with Crippen molar-refractivity contribution < 1.29 is 14.3 Å². The van der Waals surface area contributed by atoms with Gasteiger partial charge in [-0.1, -0.05) is 24.6 Å². The molecule has 1 heterocycles. The number of hydrogen-bond donors (Lipinski definition) is 4. The Morgan fingerprint density at radius 2 is 1.79 bits per heavy atom. The van der Waals surface area contributed by atoms with E-state index in [4.69, 9.17) is 21.9 Å². The van der Waals surface area contributed by atoms with Crippen molar-refractivity contribution in [3.63, 3.8) is 0 Å². The normalized spacial score (nSPS) is 13.6. The molecule has 7 heteroatoms. The molecule has 2 aromatic rings. The SMILES string of the molecule is NCCCC[C@H](N)C(=O)OC(=O)[C@H](N)Cc1c[nH]c2ccccc12. The summed E-state index contributed by atoms with van der Waals surface area (Å²) in [6, 6.07) is 5.95. The van der Waals surface area contributed by atoms with Crippen LogP contribution in [0.5, 0.6) is 0 Å². The fourth-order valence-corrected chi connectivity index (χ4v) is 2.50. The Morgan fingerprint density at radius 3 is 2.54 bits per heavy atom. The summed E-state index contributed by atoms with van der Waals surface area (Å²) in [5, 5.41) is 0.991. The number of unbranched alkanes of at least 4 members (excludes halogenated alkanes) is 1. The monoisotopic (exact) mass is 332 g/mol. The summed E-state index contributed by atoms with van der Waals surface area (Å²) >= 11 is 0. The van der Waals surface area contributed by atoms with Crippen LogP contribution in [0.3, 0.4) is 0 Å². The van der Waals surface area contributed by atoms with E-state index in [0.717, 1.165) is 22.9 Å². The summed E-state index contributed by atoms with van der Waals surface area (Å²) in [6.45, 7) is 0.538. The molecule has 0 spiro atoms. The zero-order chi connectivity index (χ0) is 17.5. The van der Waals surface area contributed by atoms with Crippen molar-refractivity contribution in [2.45, 2.75) is 37.8 Å². The maximum absolute atomic E-state index is 12.0. The minimum absolute atomic E-state index is 0.276. The number of carbonyl (C=O) groups excluding carboxylic acids is 2. The van der Waals surface area contributed by atoms with Gasteiger partial charge in [0.1, 0.15) is 12.1 Å². The zero-order valence-corrected chi connectivity index (χ0v) is 13.5. The maximum Gasteiger partial charge on any atom is 0.330 e. The molecule has 1 aromatic carbocycles. The smallest absolute Gasteiger partial charge is 0.330 e. The largest absolute Gasteiger partial charge is 0.391 e. The van der Waals surface area contributed by atoms with Crippen LogP contribution in [-0.2, 0) is 20.7 Å². The molecule has 0 unspecified atom stereocenters.